The molecule has 21 heavy (non-hydrogen) atoms. The van der Waals surface area contributed by atoms with Gasteiger partial charge in [0.25, 0.3) is 0 Å². The van der Waals surface area contributed by atoms with Crippen molar-refractivity contribution in [2.24, 2.45) is 0 Å². The summed E-state index contributed by atoms with van der Waals surface area (Å²) >= 11 is 0. The third-order valence-corrected chi connectivity index (χ3v) is 3.89. The predicted molar refractivity (Wildman–Crippen MR) is 77.8 cm³/mol. The zero-order valence-corrected chi connectivity index (χ0v) is 12.2. The van der Waals surface area contributed by atoms with E-state index in [2.05, 4.69) is 4.98 Å². The Kier molecular flexibility index (Phi) is 5.27. The summed E-state index contributed by atoms with van der Waals surface area (Å²) in [6.45, 7) is 4.10. The van der Waals surface area contributed by atoms with Crippen LogP contribution < -0.4 is 0 Å². The van der Waals surface area contributed by atoms with Gasteiger partial charge in [-0.2, -0.15) is 0 Å². The van der Waals surface area contributed by atoms with Gasteiger partial charge in [0.15, 0.2) is 0 Å². The number of carbonyl (C=O) groups is 2. The number of aliphatic carboxylic acids is 1. The molecule has 1 saturated heterocycles. The Bertz CT molecular complexity index is 484. The van der Waals surface area contributed by atoms with Crippen molar-refractivity contribution in [1.29, 1.82) is 0 Å². The molecule has 114 valence electrons. The van der Waals surface area contributed by atoms with Gasteiger partial charge in [-0.25, -0.2) is 0 Å². The third-order valence-electron chi connectivity index (χ3n) is 3.89. The quantitative estimate of drug-likeness (QED) is 0.861. The Hall–Kier alpha value is -1.95. The Morgan fingerprint density at radius 1 is 1.29 bits per heavy atom. The zero-order chi connectivity index (χ0) is 15.2. The highest BCUT2D eigenvalue weighted by Gasteiger charge is 2.26. The number of piperazine rings is 1. The highest BCUT2D eigenvalue weighted by atomic mass is 16.4. The molecular weight excluding hydrogens is 270 g/mol. The van der Waals surface area contributed by atoms with E-state index < -0.39 is 12.0 Å². The molecule has 1 aliphatic heterocycles. The minimum Gasteiger partial charge on any atom is -0.480 e. The monoisotopic (exact) mass is 291 g/mol. The second-order valence-electron chi connectivity index (χ2n) is 5.25. The maximum atomic E-state index is 12.1. The fourth-order valence-electron chi connectivity index (χ4n) is 2.45. The molecule has 1 N–H and O–H groups in total. The number of pyridine rings is 1. The summed E-state index contributed by atoms with van der Waals surface area (Å²) in [5.74, 6) is -0.701. The molecule has 0 bridgehead atoms. The first kappa shape index (κ1) is 15.4. The first-order chi connectivity index (χ1) is 10.1. The largest absolute Gasteiger partial charge is 0.480 e. The number of amides is 1. The highest BCUT2D eigenvalue weighted by molar-refractivity contribution is 5.76. The second kappa shape index (κ2) is 7.17. The van der Waals surface area contributed by atoms with Gasteiger partial charge in [-0.15, -0.1) is 0 Å². The van der Waals surface area contributed by atoms with Crippen LogP contribution in [0.25, 0.3) is 0 Å². The van der Waals surface area contributed by atoms with Crippen LogP contribution in [0.2, 0.25) is 0 Å². The maximum Gasteiger partial charge on any atom is 0.320 e. The first-order valence-corrected chi connectivity index (χ1v) is 7.22. The lowest BCUT2D eigenvalue weighted by molar-refractivity contribution is -0.144. The molecule has 1 amide bonds. The average molecular weight is 291 g/mol. The van der Waals surface area contributed by atoms with E-state index in [4.69, 9.17) is 5.11 Å². The molecule has 0 saturated carbocycles. The van der Waals surface area contributed by atoms with Gasteiger partial charge in [0, 0.05) is 44.5 Å². The summed E-state index contributed by atoms with van der Waals surface area (Å²) in [4.78, 5) is 31.0. The second-order valence-corrected chi connectivity index (χ2v) is 5.25. The fraction of sp³-hybridized carbons (Fsp3) is 0.533. The molecule has 0 aliphatic carbocycles. The number of nitrogens with zero attached hydrogens (tertiary/aromatic N) is 3. The van der Waals surface area contributed by atoms with Crippen LogP contribution in [0.5, 0.6) is 0 Å². The van der Waals surface area contributed by atoms with Crippen LogP contribution in [-0.4, -0.2) is 64.0 Å². The van der Waals surface area contributed by atoms with Gasteiger partial charge in [0.05, 0.1) is 0 Å². The summed E-state index contributed by atoms with van der Waals surface area (Å²) in [6, 6.07) is 5.20. The van der Waals surface area contributed by atoms with Crippen LogP contribution in [0, 0.1) is 0 Å². The van der Waals surface area contributed by atoms with Crippen molar-refractivity contribution in [3.05, 3.63) is 30.1 Å². The molecule has 1 atom stereocenters. The molecule has 0 spiro atoms. The molecule has 2 heterocycles. The maximum absolute atomic E-state index is 12.1. The van der Waals surface area contributed by atoms with Gasteiger partial charge in [0.2, 0.25) is 5.91 Å². The molecule has 1 unspecified atom stereocenters. The van der Waals surface area contributed by atoms with Crippen molar-refractivity contribution >= 4 is 11.9 Å². The molecule has 0 aromatic carbocycles. The van der Waals surface area contributed by atoms with Crippen molar-refractivity contribution in [3.8, 4) is 0 Å². The Labute approximate surface area is 124 Å². The standard InChI is InChI=1S/C15H21N3O3/c1-12(15(20)21)17-8-10-18(11-9-17)14(19)6-5-13-4-2-3-7-16-13/h2-4,7,12H,5-6,8-11H2,1H3,(H,20,21). The minimum absolute atomic E-state index is 0.114. The van der Waals surface area contributed by atoms with E-state index >= 15 is 0 Å². The number of aryl methyl sites for hydroxylation is 1. The van der Waals surface area contributed by atoms with E-state index in [1.165, 1.54) is 0 Å². The van der Waals surface area contributed by atoms with Crippen molar-refractivity contribution in [1.82, 2.24) is 14.8 Å². The van der Waals surface area contributed by atoms with Gasteiger partial charge in [-0.05, 0) is 25.5 Å². The van der Waals surface area contributed by atoms with Crippen LogP contribution in [0.3, 0.4) is 0 Å². The van der Waals surface area contributed by atoms with Crippen LogP contribution in [0.1, 0.15) is 19.0 Å². The van der Waals surface area contributed by atoms with Crippen LogP contribution in [-0.2, 0) is 16.0 Å². The Balaban J connectivity index is 1.77. The molecule has 0 radical (unpaired) electrons. The van der Waals surface area contributed by atoms with Gasteiger partial charge >= 0.3 is 5.97 Å². The fourth-order valence-corrected chi connectivity index (χ4v) is 2.45. The summed E-state index contributed by atoms with van der Waals surface area (Å²) in [7, 11) is 0. The topological polar surface area (TPSA) is 73.7 Å². The summed E-state index contributed by atoms with van der Waals surface area (Å²) in [6.07, 6.45) is 2.82. The molecule has 1 aromatic heterocycles. The van der Waals surface area contributed by atoms with Crippen molar-refractivity contribution in [3.63, 3.8) is 0 Å². The third kappa shape index (κ3) is 4.26. The van der Waals surface area contributed by atoms with E-state index in [1.807, 2.05) is 28.0 Å². The minimum atomic E-state index is -0.815. The highest BCUT2D eigenvalue weighted by Crippen LogP contribution is 2.09. The number of carboxylic acid groups (broad SMARTS) is 1. The average Bonchev–Trinajstić information content (AvgIpc) is 2.53. The van der Waals surface area contributed by atoms with E-state index in [-0.39, 0.29) is 5.91 Å². The molecular formula is C15H21N3O3. The first-order valence-electron chi connectivity index (χ1n) is 7.22. The Morgan fingerprint density at radius 3 is 2.57 bits per heavy atom. The molecule has 6 nitrogen and oxygen atoms in total. The number of carbonyl (C=O) groups excluding carboxylic acids is 1. The van der Waals surface area contributed by atoms with E-state index in [0.29, 0.717) is 39.0 Å². The zero-order valence-electron chi connectivity index (χ0n) is 12.2. The summed E-state index contributed by atoms with van der Waals surface area (Å²) in [5, 5.41) is 8.99. The molecule has 2 rings (SSSR count). The number of rotatable bonds is 5. The molecule has 1 fully saturated rings. The summed E-state index contributed by atoms with van der Waals surface area (Å²) < 4.78 is 0. The van der Waals surface area contributed by atoms with Crippen LogP contribution in [0.15, 0.2) is 24.4 Å². The van der Waals surface area contributed by atoms with Crippen molar-refractivity contribution in [2.75, 3.05) is 26.2 Å². The lowest BCUT2D eigenvalue weighted by atomic mass is 10.1. The van der Waals surface area contributed by atoms with Crippen LogP contribution in [0.4, 0.5) is 0 Å². The van der Waals surface area contributed by atoms with Gasteiger partial charge in [-0.1, -0.05) is 6.07 Å². The normalized spacial score (nSPS) is 17.5. The summed E-state index contributed by atoms with van der Waals surface area (Å²) in [5.41, 5.74) is 0.920. The molecule has 6 heteroatoms. The van der Waals surface area contributed by atoms with Gasteiger partial charge in [-0.3, -0.25) is 19.5 Å². The van der Waals surface area contributed by atoms with Crippen LogP contribution >= 0.6 is 0 Å². The number of hydrogen-bond donors (Lipinski definition) is 1. The van der Waals surface area contributed by atoms with Crippen molar-refractivity contribution in [2.45, 2.75) is 25.8 Å². The van der Waals surface area contributed by atoms with E-state index in [9.17, 15) is 9.59 Å². The number of hydrogen-bond acceptors (Lipinski definition) is 4. The molecule has 1 aromatic rings. The lowest BCUT2D eigenvalue weighted by Crippen LogP contribution is -2.53. The lowest BCUT2D eigenvalue weighted by Gasteiger charge is -2.36. The Morgan fingerprint density at radius 2 is 2.00 bits per heavy atom. The number of aromatic nitrogens is 1. The van der Waals surface area contributed by atoms with Gasteiger partial charge < -0.3 is 10.0 Å². The van der Waals surface area contributed by atoms with Crippen molar-refractivity contribution < 1.29 is 14.7 Å². The smallest absolute Gasteiger partial charge is 0.320 e. The molecule has 1 aliphatic rings. The predicted octanol–water partition coefficient (Wildman–Crippen LogP) is 0.631. The number of carboxylic acids is 1. The van der Waals surface area contributed by atoms with E-state index in [1.54, 1.807) is 13.1 Å². The SMILES string of the molecule is CC(C(=O)O)N1CCN(C(=O)CCc2ccccn2)CC1. The van der Waals surface area contributed by atoms with E-state index in [0.717, 1.165) is 5.69 Å². The van der Waals surface area contributed by atoms with Gasteiger partial charge in [0.1, 0.15) is 6.04 Å².